The summed E-state index contributed by atoms with van der Waals surface area (Å²) >= 11 is 0. The highest BCUT2D eigenvalue weighted by Gasteiger charge is 2.32. The molecule has 0 saturated carbocycles. The molecule has 15 heavy (non-hydrogen) atoms. The Morgan fingerprint density at radius 1 is 1.13 bits per heavy atom. The van der Waals surface area contributed by atoms with Crippen LogP contribution < -0.4 is 5.73 Å². The van der Waals surface area contributed by atoms with Gasteiger partial charge in [0.2, 0.25) is 0 Å². The van der Waals surface area contributed by atoms with Gasteiger partial charge < -0.3 is 10.8 Å². The SMILES string of the molecule is CC(C)CC(N)(C(C)C)C(C)C.O=CO. The van der Waals surface area contributed by atoms with Crippen LogP contribution in [-0.2, 0) is 4.79 Å². The molecule has 0 heterocycles. The Bertz CT molecular complexity index is 157. The van der Waals surface area contributed by atoms with Crippen LogP contribution in [0.4, 0.5) is 0 Å². The third kappa shape index (κ3) is 6.50. The van der Waals surface area contributed by atoms with E-state index in [2.05, 4.69) is 41.5 Å². The fourth-order valence-corrected chi connectivity index (χ4v) is 1.85. The van der Waals surface area contributed by atoms with Gasteiger partial charge in [0, 0.05) is 5.54 Å². The molecule has 0 amide bonds. The van der Waals surface area contributed by atoms with Crippen LogP contribution in [-0.4, -0.2) is 17.1 Å². The topological polar surface area (TPSA) is 63.3 Å². The van der Waals surface area contributed by atoms with E-state index in [1.165, 1.54) is 0 Å². The fraction of sp³-hybridized carbons (Fsp3) is 0.917. The van der Waals surface area contributed by atoms with Gasteiger partial charge in [0.15, 0.2) is 0 Å². The second-order valence-electron chi connectivity index (χ2n) is 5.13. The van der Waals surface area contributed by atoms with Crippen molar-refractivity contribution < 1.29 is 9.90 Å². The molecular formula is C12H27NO2. The molecule has 0 atom stereocenters. The van der Waals surface area contributed by atoms with E-state index in [1.54, 1.807) is 0 Å². The maximum Gasteiger partial charge on any atom is 0.290 e. The molecule has 0 radical (unpaired) electrons. The van der Waals surface area contributed by atoms with Gasteiger partial charge in [-0.1, -0.05) is 41.5 Å². The number of hydrogen-bond donors (Lipinski definition) is 2. The molecule has 0 unspecified atom stereocenters. The van der Waals surface area contributed by atoms with Gasteiger partial charge in [-0.25, -0.2) is 0 Å². The lowest BCUT2D eigenvalue weighted by atomic mass is 9.73. The predicted molar refractivity (Wildman–Crippen MR) is 64.7 cm³/mol. The average molecular weight is 217 g/mol. The summed E-state index contributed by atoms with van der Waals surface area (Å²) in [5.74, 6) is 1.83. The van der Waals surface area contributed by atoms with Crippen molar-refractivity contribution in [3.63, 3.8) is 0 Å². The maximum absolute atomic E-state index is 8.36. The predicted octanol–water partition coefficient (Wildman–Crippen LogP) is 2.74. The van der Waals surface area contributed by atoms with Gasteiger partial charge in [-0.15, -0.1) is 0 Å². The molecule has 3 nitrogen and oxygen atoms in total. The number of hydrogen-bond acceptors (Lipinski definition) is 2. The zero-order chi connectivity index (χ0) is 12.6. The van der Waals surface area contributed by atoms with E-state index >= 15 is 0 Å². The highest BCUT2D eigenvalue weighted by molar-refractivity contribution is 5.32. The van der Waals surface area contributed by atoms with Gasteiger partial charge in [-0.3, -0.25) is 4.79 Å². The molecule has 3 N–H and O–H groups in total. The molecule has 0 aliphatic rings. The molecule has 0 aromatic heterocycles. The second kappa shape index (κ2) is 7.69. The van der Waals surface area contributed by atoms with Gasteiger partial charge in [-0.2, -0.15) is 0 Å². The third-order valence-electron chi connectivity index (χ3n) is 2.91. The Morgan fingerprint density at radius 2 is 1.40 bits per heavy atom. The van der Waals surface area contributed by atoms with Gasteiger partial charge in [0.05, 0.1) is 0 Å². The van der Waals surface area contributed by atoms with Crippen LogP contribution in [0.3, 0.4) is 0 Å². The number of nitrogens with two attached hydrogens (primary N) is 1. The van der Waals surface area contributed by atoms with Crippen molar-refractivity contribution in [2.24, 2.45) is 23.5 Å². The first kappa shape index (κ1) is 16.8. The third-order valence-corrected chi connectivity index (χ3v) is 2.91. The zero-order valence-corrected chi connectivity index (χ0v) is 10.9. The van der Waals surface area contributed by atoms with Gasteiger partial charge in [0.1, 0.15) is 0 Å². The Morgan fingerprint density at radius 3 is 1.47 bits per heavy atom. The summed E-state index contributed by atoms with van der Waals surface area (Å²) in [5.41, 5.74) is 6.41. The summed E-state index contributed by atoms with van der Waals surface area (Å²) < 4.78 is 0. The molecule has 0 rings (SSSR count). The lowest BCUT2D eigenvalue weighted by Crippen LogP contribution is -2.50. The Labute approximate surface area is 94.1 Å². The summed E-state index contributed by atoms with van der Waals surface area (Å²) in [4.78, 5) is 8.36. The van der Waals surface area contributed by atoms with Crippen molar-refractivity contribution in [3.05, 3.63) is 0 Å². The average Bonchev–Trinajstić information content (AvgIpc) is 2.03. The van der Waals surface area contributed by atoms with Gasteiger partial charge >= 0.3 is 0 Å². The van der Waals surface area contributed by atoms with Crippen LogP contribution in [0.1, 0.15) is 48.0 Å². The van der Waals surface area contributed by atoms with E-state index in [-0.39, 0.29) is 12.0 Å². The van der Waals surface area contributed by atoms with Crippen molar-refractivity contribution in [2.45, 2.75) is 53.5 Å². The summed E-state index contributed by atoms with van der Waals surface area (Å²) in [5, 5.41) is 6.89. The van der Waals surface area contributed by atoms with Crippen LogP contribution in [0.2, 0.25) is 0 Å². The number of rotatable bonds is 4. The molecule has 0 aromatic carbocycles. The monoisotopic (exact) mass is 217 g/mol. The van der Waals surface area contributed by atoms with Crippen LogP contribution >= 0.6 is 0 Å². The van der Waals surface area contributed by atoms with Crippen molar-refractivity contribution in [1.29, 1.82) is 0 Å². The normalized spacial score (nSPS) is 11.6. The van der Waals surface area contributed by atoms with E-state index in [1.807, 2.05) is 0 Å². The first-order valence-electron chi connectivity index (χ1n) is 5.59. The minimum absolute atomic E-state index is 0.0220. The van der Waals surface area contributed by atoms with E-state index in [4.69, 9.17) is 15.6 Å². The molecule has 0 aromatic rings. The lowest BCUT2D eigenvalue weighted by Gasteiger charge is -2.39. The van der Waals surface area contributed by atoms with Crippen LogP contribution in [0, 0.1) is 17.8 Å². The molecule has 0 aliphatic carbocycles. The molecule has 0 saturated heterocycles. The summed E-state index contributed by atoms with van der Waals surface area (Å²) in [6.45, 7) is 13.1. The van der Waals surface area contributed by atoms with Crippen LogP contribution in [0.5, 0.6) is 0 Å². The van der Waals surface area contributed by atoms with Crippen molar-refractivity contribution in [1.82, 2.24) is 0 Å². The standard InChI is InChI=1S/C11H25N.CH2O2/c1-8(2)7-11(12,9(3)4)10(5)6;2-1-3/h8-10H,7,12H2,1-6H3;1H,(H,2,3). The lowest BCUT2D eigenvalue weighted by molar-refractivity contribution is -0.122. The van der Waals surface area contributed by atoms with Crippen LogP contribution in [0.25, 0.3) is 0 Å². The zero-order valence-electron chi connectivity index (χ0n) is 10.9. The first-order chi connectivity index (χ1) is 6.72. The maximum atomic E-state index is 8.36. The molecule has 0 aliphatic heterocycles. The fourth-order valence-electron chi connectivity index (χ4n) is 1.85. The number of carbonyl (C=O) groups is 1. The molecule has 3 heteroatoms. The van der Waals surface area contributed by atoms with Crippen molar-refractivity contribution in [2.75, 3.05) is 0 Å². The summed E-state index contributed by atoms with van der Waals surface area (Å²) in [6.07, 6.45) is 1.13. The highest BCUT2D eigenvalue weighted by atomic mass is 16.3. The molecule has 92 valence electrons. The summed E-state index contributed by atoms with van der Waals surface area (Å²) in [7, 11) is 0. The Balaban J connectivity index is 0. The summed E-state index contributed by atoms with van der Waals surface area (Å²) in [6, 6.07) is 0. The minimum atomic E-state index is -0.250. The van der Waals surface area contributed by atoms with Gasteiger partial charge in [0.25, 0.3) is 6.47 Å². The van der Waals surface area contributed by atoms with E-state index < -0.39 is 0 Å². The van der Waals surface area contributed by atoms with E-state index in [0.717, 1.165) is 6.42 Å². The molecular weight excluding hydrogens is 190 g/mol. The van der Waals surface area contributed by atoms with E-state index in [0.29, 0.717) is 17.8 Å². The van der Waals surface area contributed by atoms with Crippen molar-refractivity contribution in [3.8, 4) is 0 Å². The minimum Gasteiger partial charge on any atom is -0.483 e. The van der Waals surface area contributed by atoms with E-state index in [9.17, 15) is 0 Å². The smallest absolute Gasteiger partial charge is 0.290 e. The quantitative estimate of drug-likeness (QED) is 0.712. The molecule has 0 bridgehead atoms. The second-order valence-corrected chi connectivity index (χ2v) is 5.13. The largest absolute Gasteiger partial charge is 0.483 e. The number of carboxylic acid groups (broad SMARTS) is 1. The van der Waals surface area contributed by atoms with Crippen molar-refractivity contribution >= 4 is 6.47 Å². The van der Waals surface area contributed by atoms with Crippen LogP contribution in [0.15, 0.2) is 0 Å². The first-order valence-corrected chi connectivity index (χ1v) is 5.59. The Hall–Kier alpha value is -0.570. The van der Waals surface area contributed by atoms with Gasteiger partial charge in [-0.05, 0) is 24.2 Å². The Kier molecular flexibility index (Phi) is 8.63. The highest BCUT2D eigenvalue weighted by Crippen LogP contribution is 2.29. The molecule has 0 fully saturated rings. The molecule has 0 spiro atoms.